The van der Waals surface area contributed by atoms with Crippen LogP contribution in [0.3, 0.4) is 0 Å². The highest BCUT2D eigenvalue weighted by Gasteiger charge is 2.21. The van der Waals surface area contributed by atoms with Crippen molar-refractivity contribution in [2.45, 2.75) is 18.4 Å². The van der Waals surface area contributed by atoms with Gasteiger partial charge in [0.15, 0.2) is 4.80 Å². The van der Waals surface area contributed by atoms with E-state index >= 15 is 0 Å². The van der Waals surface area contributed by atoms with E-state index in [1.807, 2.05) is 0 Å². The highest BCUT2D eigenvalue weighted by molar-refractivity contribution is 7.92. The SMILES string of the molecule is COC(=O)Cn1c(=NC(=O)c2ccc(S(=O)(=O)N(C)c3ccccc3)cc2)sc2cc(NC(C)=O)ccc21. The average Bonchev–Trinajstić information content (AvgIpc) is 3.23. The molecule has 0 aliphatic carbocycles. The molecule has 196 valence electrons. The molecule has 0 fully saturated rings. The van der Waals surface area contributed by atoms with Gasteiger partial charge in [-0.1, -0.05) is 29.5 Å². The highest BCUT2D eigenvalue weighted by Crippen LogP contribution is 2.24. The molecule has 0 spiro atoms. The molecule has 0 saturated carbocycles. The second kappa shape index (κ2) is 11.0. The molecule has 4 rings (SSSR count). The van der Waals surface area contributed by atoms with E-state index in [2.05, 4.69) is 10.3 Å². The smallest absolute Gasteiger partial charge is 0.325 e. The number of para-hydroxylation sites is 1. The van der Waals surface area contributed by atoms with Gasteiger partial charge in [0, 0.05) is 25.2 Å². The molecule has 12 heteroatoms. The normalized spacial score (nSPS) is 11.8. The number of nitrogens with zero attached hydrogens (tertiary/aromatic N) is 3. The number of fused-ring (bicyclic) bond motifs is 1. The molecule has 4 aromatic rings. The largest absolute Gasteiger partial charge is 0.468 e. The van der Waals surface area contributed by atoms with Crippen LogP contribution in [0.2, 0.25) is 0 Å². The van der Waals surface area contributed by atoms with Gasteiger partial charge < -0.3 is 14.6 Å². The molecule has 0 atom stereocenters. The summed E-state index contributed by atoms with van der Waals surface area (Å²) in [5.41, 5.74) is 1.87. The van der Waals surface area contributed by atoms with Crippen LogP contribution < -0.4 is 14.4 Å². The van der Waals surface area contributed by atoms with Crippen LogP contribution in [0.4, 0.5) is 11.4 Å². The standard InChI is InChI=1S/C26H24N4O6S2/c1-17(31)27-19-11-14-22-23(15-19)37-26(30(22)16-24(32)36-3)28-25(33)18-9-12-21(13-10-18)38(34,35)29(2)20-7-5-4-6-8-20/h4-15H,16H2,1-3H3,(H,27,31). The summed E-state index contributed by atoms with van der Waals surface area (Å²) in [5, 5.41) is 2.70. The van der Waals surface area contributed by atoms with Gasteiger partial charge in [0.25, 0.3) is 15.9 Å². The number of aromatic nitrogens is 1. The number of amides is 2. The van der Waals surface area contributed by atoms with Gasteiger partial charge in [-0.25, -0.2) is 8.42 Å². The minimum Gasteiger partial charge on any atom is -0.468 e. The van der Waals surface area contributed by atoms with Gasteiger partial charge in [-0.2, -0.15) is 4.99 Å². The molecule has 1 aromatic heterocycles. The molecule has 3 aromatic carbocycles. The number of ether oxygens (including phenoxy) is 1. The van der Waals surface area contributed by atoms with E-state index in [4.69, 9.17) is 4.74 Å². The number of anilines is 2. The van der Waals surface area contributed by atoms with Crippen molar-refractivity contribution in [3.05, 3.63) is 83.2 Å². The first kappa shape index (κ1) is 26.8. The van der Waals surface area contributed by atoms with Crippen molar-refractivity contribution in [2.24, 2.45) is 4.99 Å². The molecule has 1 heterocycles. The van der Waals surface area contributed by atoms with Gasteiger partial charge >= 0.3 is 5.97 Å². The molecule has 0 aliphatic rings. The third kappa shape index (κ3) is 5.66. The summed E-state index contributed by atoms with van der Waals surface area (Å²) in [4.78, 5) is 41.0. The van der Waals surface area contributed by atoms with Crippen molar-refractivity contribution in [1.29, 1.82) is 0 Å². The zero-order valence-corrected chi connectivity index (χ0v) is 22.4. The number of esters is 1. The van der Waals surface area contributed by atoms with Gasteiger partial charge in [-0.15, -0.1) is 0 Å². The number of hydrogen-bond donors (Lipinski definition) is 1. The first-order valence-electron chi connectivity index (χ1n) is 11.3. The lowest BCUT2D eigenvalue weighted by Gasteiger charge is -2.19. The summed E-state index contributed by atoms with van der Waals surface area (Å²) in [6.07, 6.45) is 0. The Morgan fingerprint density at radius 3 is 2.34 bits per heavy atom. The summed E-state index contributed by atoms with van der Waals surface area (Å²) in [5.74, 6) is -1.37. The maximum Gasteiger partial charge on any atom is 0.325 e. The number of methoxy groups -OCH3 is 1. The lowest BCUT2D eigenvalue weighted by atomic mass is 10.2. The van der Waals surface area contributed by atoms with E-state index in [0.29, 0.717) is 21.6 Å². The van der Waals surface area contributed by atoms with Crippen molar-refractivity contribution in [3.8, 4) is 0 Å². The number of thiazole rings is 1. The van der Waals surface area contributed by atoms with Crippen LogP contribution in [0.15, 0.2) is 82.7 Å². The van der Waals surface area contributed by atoms with Crippen LogP contribution in [0.1, 0.15) is 17.3 Å². The molecule has 2 amide bonds. The van der Waals surface area contributed by atoms with E-state index in [0.717, 1.165) is 15.6 Å². The Morgan fingerprint density at radius 2 is 1.71 bits per heavy atom. The second-order valence-electron chi connectivity index (χ2n) is 8.16. The third-order valence-electron chi connectivity index (χ3n) is 5.59. The third-order valence-corrected chi connectivity index (χ3v) is 8.44. The fourth-order valence-corrected chi connectivity index (χ4v) is 5.90. The minimum atomic E-state index is -3.84. The summed E-state index contributed by atoms with van der Waals surface area (Å²) in [7, 11) is -1.12. The number of hydrogen-bond acceptors (Lipinski definition) is 7. The predicted octanol–water partition coefficient (Wildman–Crippen LogP) is 3.40. The summed E-state index contributed by atoms with van der Waals surface area (Å²) < 4.78 is 34.2. The quantitative estimate of drug-likeness (QED) is 0.350. The topological polar surface area (TPSA) is 127 Å². The van der Waals surface area contributed by atoms with E-state index in [1.54, 1.807) is 53.1 Å². The first-order chi connectivity index (χ1) is 18.1. The van der Waals surface area contributed by atoms with Crippen LogP contribution in [-0.2, 0) is 30.9 Å². The molecule has 0 aliphatic heterocycles. The number of rotatable bonds is 7. The molecular formula is C26H24N4O6S2. The molecule has 38 heavy (non-hydrogen) atoms. The Balaban J connectivity index is 1.68. The Hall–Kier alpha value is -4.29. The zero-order valence-electron chi connectivity index (χ0n) is 20.7. The summed E-state index contributed by atoms with van der Waals surface area (Å²) in [6, 6.07) is 19.3. The lowest BCUT2D eigenvalue weighted by molar-refractivity contribution is -0.141. The number of carbonyl (C=O) groups excluding carboxylic acids is 3. The minimum absolute atomic E-state index is 0.0218. The van der Waals surface area contributed by atoms with E-state index in [-0.39, 0.29) is 27.7 Å². The van der Waals surface area contributed by atoms with Crippen molar-refractivity contribution in [2.75, 3.05) is 23.8 Å². The predicted molar refractivity (Wildman–Crippen MR) is 145 cm³/mol. The molecule has 0 bridgehead atoms. The molecular weight excluding hydrogens is 528 g/mol. The van der Waals surface area contributed by atoms with Crippen LogP contribution in [-0.4, -0.2) is 44.9 Å². The zero-order chi connectivity index (χ0) is 27.4. The number of benzene rings is 3. The first-order valence-corrected chi connectivity index (χ1v) is 13.6. The Morgan fingerprint density at radius 1 is 1.03 bits per heavy atom. The van der Waals surface area contributed by atoms with Gasteiger partial charge in [0.2, 0.25) is 5.91 Å². The number of nitrogens with one attached hydrogen (secondary N) is 1. The summed E-state index contributed by atoms with van der Waals surface area (Å²) in [6.45, 7) is 1.22. The van der Waals surface area contributed by atoms with E-state index in [9.17, 15) is 22.8 Å². The maximum absolute atomic E-state index is 13.0. The number of sulfonamides is 1. The van der Waals surface area contributed by atoms with Crippen LogP contribution in [0.5, 0.6) is 0 Å². The van der Waals surface area contributed by atoms with Crippen molar-refractivity contribution in [3.63, 3.8) is 0 Å². The molecule has 1 N–H and O–H groups in total. The van der Waals surface area contributed by atoms with Crippen molar-refractivity contribution < 1.29 is 27.5 Å². The maximum atomic E-state index is 13.0. The van der Waals surface area contributed by atoms with Crippen LogP contribution in [0, 0.1) is 0 Å². The molecule has 0 unspecified atom stereocenters. The lowest BCUT2D eigenvalue weighted by Crippen LogP contribution is -2.26. The highest BCUT2D eigenvalue weighted by atomic mass is 32.2. The Kier molecular flexibility index (Phi) is 7.74. The van der Waals surface area contributed by atoms with Crippen molar-refractivity contribution in [1.82, 2.24) is 4.57 Å². The van der Waals surface area contributed by atoms with Crippen LogP contribution in [0.25, 0.3) is 10.2 Å². The monoisotopic (exact) mass is 552 g/mol. The second-order valence-corrected chi connectivity index (χ2v) is 11.1. The van der Waals surface area contributed by atoms with Gasteiger partial charge in [-0.3, -0.25) is 18.7 Å². The van der Waals surface area contributed by atoms with Crippen LogP contribution >= 0.6 is 11.3 Å². The van der Waals surface area contributed by atoms with Crippen molar-refractivity contribution >= 4 is 60.7 Å². The molecule has 0 saturated heterocycles. The van der Waals surface area contributed by atoms with Gasteiger partial charge in [0.05, 0.1) is 27.9 Å². The van der Waals surface area contributed by atoms with Gasteiger partial charge in [0.1, 0.15) is 6.54 Å². The van der Waals surface area contributed by atoms with E-state index in [1.165, 1.54) is 45.3 Å². The Labute approximate surface area is 222 Å². The summed E-state index contributed by atoms with van der Waals surface area (Å²) >= 11 is 1.16. The molecule has 10 nitrogen and oxygen atoms in total. The Bertz CT molecular complexity index is 1690. The van der Waals surface area contributed by atoms with Gasteiger partial charge in [-0.05, 0) is 54.6 Å². The number of carbonyl (C=O) groups is 3. The molecule has 0 radical (unpaired) electrons. The fraction of sp³-hybridized carbons (Fsp3) is 0.154. The average molecular weight is 553 g/mol. The van der Waals surface area contributed by atoms with E-state index < -0.39 is 21.9 Å². The fourth-order valence-electron chi connectivity index (χ4n) is 3.64.